The van der Waals surface area contributed by atoms with E-state index in [1.807, 2.05) is 0 Å². The van der Waals surface area contributed by atoms with E-state index in [0.717, 1.165) is 26.0 Å². The van der Waals surface area contributed by atoms with Crippen LogP contribution in [0.4, 0.5) is 0 Å². The third-order valence-electron chi connectivity index (χ3n) is 3.39. The number of benzene rings is 2. The van der Waals surface area contributed by atoms with Crippen LogP contribution in [0.15, 0.2) is 60.7 Å². The summed E-state index contributed by atoms with van der Waals surface area (Å²) in [6.07, 6.45) is 2.23. The summed E-state index contributed by atoms with van der Waals surface area (Å²) in [5, 5.41) is 3.66. The molecule has 0 amide bonds. The number of hydrogen-bond donors (Lipinski definition) is 1. The lowest BCUT2D eigenvalue weighted by Crippen LogP contribution is -2.23. The second-order valence-corrected chi connectivity index (χ2v) is 4.91. The first-order chi connectivity index (χ1) is 9.92. The summed E-state index contributed by atoms with van der Waals surface area (Å²) in [5.41, 5.74) is 2.62. The molecular formula is C18H23NO. The first-order valence-electron chi connectivity index (χ1n) is 7.24. The van der Waals surface area contributed by atoms with Crippen molar-refractivity contribution >= 4 is 0 Å². The van der Waals surface area contributed by atoms with Crippen LogP contribution in [-0.4, -0.2) is 20.3 Å². The average molecular weight is 269 g/mol. The lowest BCUT2D eigenvalue weighted by atomic mass is 9.98. The topological polar surface area (TPSA) is 21.3 Å². The molecule has 0 saturated carbocycles. The van der Waals surface area contributed by atoms with E-state index in [-0.39, 0.29) is 6.04 Å². The van der Waals surface area contributed by atoms with Gasteiger partial charge in [-0.2, -0.15) is 0 Å². The number of methoxy groups -OCH3 is 1. The van der Waals surface area contributed by atoms with Gasteiger partial charge in [0.15, 0.2) is 0 Å². The summed E-state index contributed by atoms with van der Waals surface area (Å²) >= 11 is 0. The van der Waals surface area contributed by atoms with Crippen LogP contribution in [0, 0.1) is 0 Å². The SMILES string of the molecule is COCCCCNC(c1ccccc1)c1ccccc1. The van der Waals surface area contributed by atoms with Crippen LogP contribution in [0.3, 0.4) is 0 Å². The first-order valence-corrected chi connectivity index (χ1v) is 7.24. The molecule has 20 heavy (non-hydrogen) atoms. The predicted molar refractivity (Wildman–Crippen MR) is 83.8 cm³/mol. The zero-order valence-electron chi connectivity index (χ0n) is 12.1. The molecule has 2 aromatic rings. The molecule has 0 heterocycles. The van der Waals surface area contributed by atoms with E-state index in [4.69, 9.17) is 4.74 Å². The van der Waals surface area contributed by atoms with Gasteiger partial charge in [-0.1, -0.05) is 60.7 Å². The van der Waals surface area contributed by atoms with Gasteiger partial charge in [0.1, 0.15) is 0 Å². The van der Waals surface area contributed by atoms with Gasteiger partial charge >= 0.3 is 0 Å². The number of unbranched alkanes of at least 4 members (excludes halogenated alkanes) is 1. The Kier molecular flexibility index (Phi) is 6.28. The summed E-state index contributed by atoms with van der Waals surface area (Å²) in [7, 11) is 1.75. The second kappa shape index (κ2) is 8.51. The van der Waals surface area contributed by atoms with Crippen LogP contribution in [-0.2, 0) is 4.74 Å². The summed E-state index contributed by atoms with van der Waals surface area (Å²) in [4.78, 5) is 0. The standard InChI is InChI=1S/C18H23NO/c1-20-15-9-8-14-19-18(16-10-4-2-5-11-16)17-12-6-3-7-13-17/h2-7,10-13,18-19H,8-9,14-15H2,1H3. The van der Waals surface area contributed by atoms with Crippen molar-refractivity contribution in [1.82, 2.24) is 5.32 Å². The highest BCUT2D eigenvalue weighted by molar-refractivity contribution is 5.31. The molecule has 0 aliphatic carbocycles. The molecule has 0 aliphatic rings. The Hall–Kier alpha value is -1.64. The van der Waals surface area contributed by atoms with Gasteiger partial charge in [-0.05, 0) is 30.5 Å². The summed E-state index contributed by atoms with van der Waals surface area (Å²) in [5.74, 6) is 0. The molecule has 106 valence electrons. The Labute approximate surface area is 121 Å². The molecule has 2 rings (SSSR count). The van der Waals surface area contributed by atoms with Gasteiger partial charge in [-0.25, -0.2) is 0 Å². The second-order valence-electron chi connectivity index (χ2n) is 4.91. The first kappa shape index (κ1) is 14.8. The van der Waals surface area contributed by atoms with Crippen LogP contribution in [0.5, 0.6) is 0 Å². The Morgan fingerprint density at radius 3 is 1.90 bits per heavy atom. The lowest BCUT2D eigenvalue weighted by Gasteiger charge is -2.20. The van der Waals surface area contributed by atoms with E-state index in [1.54, 1.807) is 7.11 Å². The molecule has 0 aromatic heterocycles. The van der Waals surface area contributed by atoms with Crippen molar-refractivity contribution in [3.63, 3.8) is 0 Å². The Morgan fingerprint density at radius 2 is 1.40 bits per heavy atom. The maximum Gasteiger partial charge on any atom is 0.0576 e. The van der Waals surface area contributed by atoms with Crippen molar-refractivity contribution in [3.05, 3.63) is 71.8 Å². The number of hydrogen-bond acceptors (Lipinski definition) is 2. The van der Waals surface area contributed by atoms with Crippen LogP contribution in [0.25, 0.3) is 0 Å². The Morgan fingerprint density at radius 1 is 0.850 bits per heavy atom. The summed E-state index contributed by atoms with van der Waals surface area (Å²) < 4.78 is 5.09. The third-order valence-corrected chi connectivity index (χ3v) is 3.39. The highest BCUT2D eigenvalue weighted by Gasteiger charge is 2.12. The zero-order valence-corrected chi connectivity index (χ0v) is 12.1. The lowest BCUT2D eigenvalue weighted by molar-refractivity contribution is 0.192. The van der Waals surface area contributed by atoms with Crippen molar-refractivity contribution in [3.8, 4) is 0 Å². The van der Waals surface area contributed by atoms with E-state index < -0.39 is 0 Å². The number of rotatable bonds is 8. The van der Waals surface area contributed by atoms with E-state index in [9.17, 15) is 0 Å². The van der Waals surface area contributed by atoms with Crippen LogP contribution < -0.4 is 5.32 Å². The maximum absolute atomic E-state index is 5.09. The van der Waals surface area contributed by atoms with Crippen molar-refractivity contribution in [2.45, 2.75) is 18.9 Å². The van der Waals surface area contributed by atoms with Crippen molar-refractivity contribution in [2.24, 2.45) is 0 Å². The Balaban J connectivity index is 2.02. The van der Waals surface area contributed by atoms with Gasteiger partial charge in [0.05, 0.1) is 6.04 Å². The van der Waals surface area contributed by atoms with Crippen molar-refractivity contribution in [2.75, 3.05) is 20.3 Å². The normalized spacial score (nSPS) is 10.9. The molecule has 0 unspecified atom stereocenters. The quantitative estimate of drug-likeness (QED) is 0.736. The molecule has 0 atom stereocenters. The minimum atomic E-state index is 0.264. The highest BCUT2D eigenvalue weighted by atomic mass is 16.5. The molecule has 2 heteroatoms. The largest absolute Gasteiger partial charge is 0.385 e. The number of nitrogens with one attached hydrogen (secondary N) is 1. The van der Waals surface area contributed by atoms with E-state index in [1.165, 1.54) is 11.1 Å². The maximum atomic E-state index is 5.09. The van der Waals surface area contributed by atoms with Gasteiger partial charge in [-0.3, -0.25) is 0 Å². The molecular weight excluding hydrogens is 246 g/mol. The van der Waals surface area contributed by atoms with Crippen LogP contribution in [0.1, 0.15) is 30.0 Å². The summed E-state index contributed by atoms with van der Waals surface area (Å²) in [6, 6.07) is 21.5. The molecule has 1 N–H and O–H groups in total. The average Bonchev–Trinajstić information content (AvgIpc) is 2.53. The minimum Gasteiger partial charge on any atom is -0.385 e. The predicted octanol–water partition coefficient (Wildman–Crippen LogP) is 3.79. The van der Waals surface area contributed by atoms with E-state index in [0.29, 0.717) is 0 Å². The molecule has 0 aliphatic heterocycles. The molecule has 0 radical (unpaired) electrons. The zero-order chi connectivity index (χ0) is 14.0. The van der Waals surface area contributed by atoms with E-state index in [2.05, 4.69) is 66.0 Å². The molecule has 2 aromatic carbocycles. The van der Waals surface area contributed by atoms with Gasteiger partial charge in [0.2, 0.25) is 0 Å². The molecule has 0 bridgehead atoms. The molecule has 0 spiro atoms. The van der Waals surface area contributed by atoms with Crippen LogP contribution in [0.2, 0.25) is 0 Å². The van der Waals surface area contributed by atoms with Crippen LogP contribution >= 0.6 is 0 Å². The third kappa shape index (κ3) is 4.48. The molecule has 0 fully saturated rings. The number of ether oxygens (including phenoxy) is 1. The van der Waals surface area contributed by atoms with Gasteiger partial charge in [-0.15, -0.1) is 0 Å². The van der Waals surface area contributed by atoms with Gasteiger partial charge in [0.25, 0.3) is 0 Å². The smallest absolute Gasteiger partial charge is 0.0576 e. The molecule has 2 nitrogen and oxygen atoms in total. The van der Waals surface area contributed by atoms with E-state index >= 15 is 0 Å². The monoisotopic (exact) mass is 269 g/mol. The fraction of sp³-hybridized carbons (Fsp3) is 0.333. The molecule has 0 saturated heterocycles. The van der Waals surface area contributed by atoms with Gasteiger partial charge in [0, 0.05) is 13.7 Å². The fourth-order valence-electron chi connectivity index (χ4n) is 2.34. The Bertz CT molecular complexity index is 430. The fourth-order valence-corrected chi connectivity index (χ4v) is 2.34. The van der Waals surface area contributed by atoms with Crippen molar-refractivity contribution < 1.29 is 4.74 Å². The van der Waals surface area contributed by atoms with Gasteiger partial charge < -0.3 is 10.1 Å². The minimum absolute atomic E-state index is 0.264. The summed E-state index contributed by atoms with van der Waals surface area (Å²) in [6.45, 7) is 1.83. The highest BCUT2D eigenvalue weighted by Crippen LogP contribution is 2.21. The van der Waals surface area contributed by atoms with Crippen molar-refractivity contribution in [1.29, 1.82) is 0 Å².